The summed E-state index contributed by atoms with van der Waals surface area (Å²) in [6, 6.07) is 5.75. The zero-order valence-electron chi connectivity index (χ0n) is 11.4. The van der Waals surface area contributed by atoms with E-state index in [0.29, 0.717) is 6.54 Å². The van der Waals surface area contributed by atoms with Crippen LogP contribution in [0.25, 0.3) is 0 Å². The molecule has 1 aromatic rings. The Bertz CT molecular complexity index is 513. The van der Waals surface area contributed by atoms with Gasteiger partial charge in [-0.1, -0.05) is 36.9 Å². The van der Waals surface area contributed by atoms with Gasteiger partial charge < -0.3 is 10.6 Å². The molecule has 1 heterocycles. The molecule has 1 saturated carbocycles. The van der Waals surface area contributed by atoms with Crippen LogP contribution in [0.3, 0.4) is 0 Å². The molecular weight excluding hydrogens is 295 g/mol. The molecule has 0 bridgehead atoms. The van der Waals surface area contributed by atoms with Crippen molar-refractivity contribution in [2.24, 2.45) is 5.73 Å². The van der Waals surface area contributed by atoms with Crippen LogP contribution >= 0.6 is 24.0 Å². The van der Waals surface area contributed by atoms with E-state index in [1.165, 1.54) is 6.42 Å². The quantitative estimate of drug-likeness (QED) is 0.864. The van der Waals surface area contributed by atoms with Crippen LogP contribution in [0.15, 0.2) is 18.2 Å². The number of nitrogens with zero attached hydrogens (tertiary/aromatic N) is 1. The van der Waals surface area contributed by atoms with E-state index in [9.17, 15) is 4.79 Å². The molecule has 0 atom stereocenters. The highest BCUT2D eigenvalue weighted by Gasteiger charge is 2.40. The first kappa shape index (κ1) is 15.6. The van der Waals surface area contributed by atoms with E-state index in [1.54, 1.807) is 0 Å². The van der Waals surface area contributed by atoms with Crippen LogP contribution in [-0.4, -0.2) is 18.0 Å². The van der Waals surface area contributed by atoms with Gasteiger partial charge in [-0.15, -0.1) is 12.4 Å². The van der Waals surface area contributed by atoms with Gasteiger partial charge in [-0.05, 0) is 37.0 Å². The summed E-state index contributed by atoms with van der Waals surface area (Å²) >= 11 is 6.19. The molecule has 1 fully saturated rings. The predicted octanol–water partition coefficient (Wildman–Crippen LogP) is 3.31. The predicted molar refractivity (Wildman–Crippen MR) is 84.8 cm³/mol. The zero-order valence-corrected chi connectivity index (χ0v) is 13.0. The van der Waals surface area contributed by atoms with E-state index >= 15 is 0 Å². The lowest BCUT2D eigenvalue weighted by Crippen LogP contribution is -2.56. The number of fused-ring (bicyclic) bond motifs is 1. The third-order valence-corrected chi connectivity index (χ3v) is 4.74. The molecule has 3 nitrogen and oxygen atoms in total. The number of hydrogen-bond acceptors (Lipinski definition) is 2. The van der Waals surface area contributed by atoms with Crippen LogP contribution in [0, 0.1) is 0 Å². The summed E-state index contributed by atoms with van der Waals surface area (Å²) in [6.07, 6.45) is 5.74. The molecule has 2 N–H and O–H groups in total. The topological polar surface area (TPSA) is 46.3 Å². The Morgan fingerprint density at radius 3 is 2.65 bits per heavy atom. The van der Waals surface area contributed by atoms with Gasteiger partial charge in [0.2, 0.25) is 5.91 Å². The summed E-state index contributed by atoms with van der Waals surface area (Å²) in [7, 11) is 0. The van der Waals surface area contributed by atoms with Gasteiger partial charge in [0, 0.05) is 17.3 Å². The summed E-state index contributed by atoms with van der Waals surface area (Å²) in [5, 5.41) is 0.752. The largest absolute Gasteiger partial charge is 0.317 e. The maximum atomic E-state index is 12.8. The van der Waals surface area contributed by atoms with Crippen LogP contribution in [0.4, 0.5) is 5.69 Å². The van der Waals surface area contributed by atoms with Crippen LogP contribution in [0.2, 0.25) is 5.02 Å². The lowest BCUT2D eigenvalue weighted by atomic mass is 9.81. The monoisotopic (exact) mass is 314 g/mol. The summed E-state index contributed by atoms with van der Waals surface area (Å²) in [5.74, 6) is 0.0771. The third-order valence-electron chi connectivity index (χ3n) is 4.39. The maximum Gasteiger partial charge on any atom is 0.247 e. The number of benzene rings is 1. The van der Waals surface area contributed by atoms with Crippen molar-refractivity contribution >= 4 is 35.6 Å². The minimum absolute atomic E-state index is 0. The average molecular weight is 315 g/mol. The number of carbonyl (C=O) groups excluding carboxylic acids is 1. The Morgan fingerprint density at radius 2 is 1.95 bits per heavy atom. The highest BCUT2D eigenvalue weighted by molar-refractivity contribution is 6.32. The lowest BCUT2D eigenvalue weighted by Gasteiger charge is -2.35. The fourth-order valence-electron chi connectivity index (χ4n) is 3.27. The number of hydrogen-bond donors (Lipinski definition) is 1. The van der Waals surface area contributed by atoms with Gasteiger partial charge in [-0.25, -0.2) is 0 Å². The number of carbonyl (C=O) groups is 1. The van der Waals surface area contributed by atoms with Gasteiger partial charge in [-0.3, -0.25) is 4.79 Å². The second kappa shape index (κ2) is 5.92. The molecular formula is C15H20Cl2N2O. The molecule has 0 aromatic heterocycles. The van der Waals surface area contributed by atoms with Crippen molar-refractivity contribution < 1.29 is 4.79 Å². The molecule has 3 rings (SSSR count). The fourth-order valence-corrected chi connectivity index (χ4v) is 3.53. The summed E-state index contributed by atoms with van der Waals surface area (Å²) < 4.78 is 0. The summed E-state index contributed by atoms with van der Waals surface area (Å²) in [5.41, 5.74) is 7.72. The molecule has 20 heavy (non-hydrogen) atoms. The van der Waals surface area contributed by atoms with E-state index in [-0.39, 0.29) is 18.3 Å². The number of rotatable bonds is 1. The van der Waals surface area contributed by atoms with Gasteiger partial charge in [0.1, 0.15) is 0 Å². The van der Waals surface area contributed by atoms with Gasteiger partial charge in [0.25, 0.3) is 0 Å². The Morgan fingerprint density at radius 1 is 1.25 bits per heavy atom. The van der Waals surface area contributed by atoms with Crippen molar-refractivity contribution in [2.75, 3.05) is 11.4 Å². The second-order valence-electron chi connectivity index (χ2n) is 5.66. The zero-order chi connectivity index (χ0) is 13.5. The number of halogens is 2. The molecule has 1 amide bonds. The standard InChI is InChI=1S/C15H19ClN2O.ClH/c16-12-5-4-6-13-11(12)7-10-18(13)14(19)15(17)8-2-1-3-9-15;/h4-6H,1-3,7-10,17H2;1H. The number of anilines is 1. The molecule has 5 heteroatoms. The van der Waals surface area contributed by atoms with Crippen LogP contribution in [0.1, 0.15) is 37.7 Å². The molecule has 1 aromatic carbocycles. The van der Waals surface area contributed by atoms with Crippen molar-refractivity contribution in [3.8, 4) is 0 Å². The number of amides is 1. The summed E-state index contributed by atoms with van der Waals surface area (Å²) in [6.45, 7) is 0.705. The number of nitrogens with two attached hydrogens (primary N) is 1. The smallest absolute Gasteiger partial charge is 0.247 e. The fraction of sp³-hybridized carbons (Fsp3) is 0.533. The molecule has 1 aliphatic carbocycles. The summed E-state index contributed by atoms with van der Waals surface area (Å²) in [4.78, 5) is 14.6. The van der Waals surface area contributed by atoms with E-state index in [0.717, 1.165) is 48.4 Å². The van der Waals surface area contributed by atoms with Crippen molar-refractivity contribution in [3.63, 3.8) is 0 Å². The van der Waals surface area contributed by atoms with E-state index in [1.807, 2.05) is 23.1 Å². The Balaban J connectivity index is 0.00000147. The van der Waals surface area contributed by atoms with Crippen molar-refractivity contribution in [1.82, 2.24) is 0 Å². The first-order valence-electron chi connectivity index (χ1n) is 7.00. The minimum atomic E-state index is -0.665. The first-order chi connectivity index (χ1) is 9.12. The maximum absolute atomic E-state index is 12.8. The van der Waals surface area contributed by atoms with Crippen molar-refractivity contribution in [1.29, 1.82) is 0 Å². The Hall–Kier alpha value is -0.770. The first-order valence-corrected chi connectivity index (χ1v) is 7.38. The molecule has 0 radical (unpaired) electrons. The van der Waals surface area contributed by atoms with Crippen molar-refractivity contribution in [2.45, 2.75) is 44.1 Å². The van der Waals surface area contributed by atoms with Crippen LogP contribution in [0.5, 0.6) is 0 Å². The highest BCUT2D eigenvalue weighted by atomic mass is 35.5. The Labute approximate surface area is 130 Å². The van der Waals surface area contributed by atoms with E-state index in [2.05, 4.69) is 0 Å². The normalized spacial score (nSPS) is 20.2. The molecule has 0 spiro atoms. The second-order valence-corrected chi connectivity index (χ2v) is 6.07. The van der Waals surface area contributed by atoms with Crippen LogP contribution < -0.4 is 10.6 Å². The van der Waals surface area contributed by atoms with Crippen molar-refractivity contribution in [3.05, 3.63) is 28.8 Å². The highest BCUT2D eigenvalue weighted by Crippen LogP contribution is 2.36. The van der Waals surface area contributed by atoms with E-state index < -0.39 is 5.54 Å². The molecule has 2 aliphatic rings. The molecule has 110 valence electrons. The molecule has 0 unspecified atom stereocenters. The molecule has 1 aliphatic heterocycles. The third kappa shape index (κ3) is 2.54. The van der Waals surface area contributed by atoms with Gasteiger partial charge >= 0.3 is 0 Å². The van der Waals surface area contributed by atoms with Crippen LogP contribution in [-0.2, 0) is 11.2 Å². The minimum Gasteiger partial charge on any atom is -0.317 e. The Kier molecular flexibility index (Phi) is 4.62. The van der Waals surface area contributed by atoms with Gasteiger partial charge in [0.05, 0.1) is 5.54 Å². The van der Waals surface area contributed by atoms with E-state index in [4.69, 9.17) is 17.3 Å². The van der Waals surface area contributed by atoms with Gasteiger partial charge in [-0.2, -0.15) is 0 Å². The average Bonchev–Trinajstić information content (AvgIpc) is 2.84. The van der Waals surface area contributed by atoms with Gasteiger partial charge in [0.15, 0.2) is 0 Å². The lowest BCUT2D eigenvalue weighted by molar-refractivity contribution is -0.124. The SMILES string of the molecule is Cl.NC1(C(=O)N2CCc3c(Cl)cccc32)CCCCC1. The molecule has 0 saturated heterocycles.